The van der Waals surface area contributed by atoms with E-state index < -0.39 is 11.4 Å². The van der Waals surface area contributed by atoms with E-state index in [-0.39, 0.29) is 6.04 Å². The van der Waals surface area contributed by atoms with E-state index in [1.165, 1.54) is 12.6 Å². The van der Waals surface area contributed by atoms with E-state index in [4.69, 9.17) is 10.2 Å². The standard InChI is InChI=1S/C10H14N2O3/c11-7-1-3-10(4-2-7,9(13)14)8-5-12-6-15-8/h5-7H,1-4,11H2,(H,13,14). The van der Waals surface area contributed by atoms with Crippen molar-refractivity contribution in [3.05, 3.63) is 18.4 Å². The summed E-state index contributed by atoms with van der Waals surface area (Å²) in [7, 11) is 0. The van der Waals surface area contributed by atoms with Crippen molar-refractivity contribution in [3.8, 4) is 0 Å². The zero-order valence-corrected chi connectivity index (χ0v) is 8.35. The first kappa shape index (κ1) is 10.2. The summed E-state index contributed by atoms with van der Waals surface area (Å²) >= 11 is 0. The first-order valence-corrected chi connectivity index (χ1v) is 5.03. The maximum atomic E-state index is 11.4. The van der Waals surface area contributed by atoms with Crippen LogP contribution < -0.4 is 5.73 Å². The van der Waals surface area contributed by atoms with Crippen molar-refractivity contribution >= 4 is 5.97 Å². The van der Waals surface area contributed by atoms with E-state index in [2.05, 4.69) is 4.98 Å². The third-order valence-electron chi connectivity index (χ3n) is 3.20. The average molecular weight is 210 g/mol. The summed E-state index contributed by atoms with van der Waals surface area (Å²) < 4.78 is 5.14. The number of aromatic nitrogens is 1. The fourth-order valence-electron chi connectivity index (χ4n) is 2.15. The molecule has 1 fully saturated rings. The van der Waals surface area contributed by atoms with Gasteiger partial charge in [-0.1, -0.05) is 0 Å². The van der Waals surface area contributed by atoms with Gasteiger partial charge in [-0.25, -0.2) is 4.98 Å². The first-order chi connectivity index (χ1) is 7.15. The predicted molar refractivity (Wildman–Crippen MR) is 52.3 cm³/mol. The molecule has 0 aliphatic heterocycles. The molecule has 0 bridgehead atoms. The fraction of sp³-hybridized carbons (Fsp3) is 0.600. The molecule has 0 saturated heterocycles. The number of hydrogen-bond acceptors (Lipinski definition) is 4. The summed E-state index contributed by atoms with van der Waals surface area (Å²) in [5.74, 6) is -0.395. The minimum Gasteiger partial charge on any atom is -0.480 e. The minimum atomic E-state index is -0.910. The van der Waals surface area contributed by atoms with E-state index in [0.717, 1.165) is 0 Å². The molecule has 82 valence electrons. The van der Waals surface area contributed by atoms with Crippen LogP contribution in [0.15, 0.2) is 17.0 Å². The van der Waals surface area contributed by atoms with Gasteiger partial charge in [-0.2, -0.15) is 0 Å². The molecule has 2 rings (SSSR count). The highest BCUT2D eigenvalue weighted by atomic mass is 16.4. The Labute approximate surface area is 87.3 Å². The molecule has 1 aromatic rings. The highest BCUT2D eigenvalue weighted by Gasteiger charge is 2.45. The zero-order valence-electron chi connectivity index (χ0n) is 8.35. The minimum absolute atomic E-state index is 0.111. The van der Waals surface area contributed by atoms with Gasteiger partial charge >= 0.3 is 5.97 Å². The number of rotatable bonds is 2. The van der Waals surface area contributed by atoms with E-state index in [0.29, 0.717) is 31.4 Å². The third kappa shape index (κ3) is 1.63. The van der Waals surface area contributed by atoms with Crippen molar-refractivity contribution in [2.75, 3.05) is 0 Å². The number of oxazole rings is 1. The summed E-state index contributed by atoms with van der Waals surface area (Å²) in [4.78, 5) is 15.1. The van der Waals surface area contributed by atoms with Gasteiger partial charge in [-0.05, 0) is 25.7 Å². The predicted octanol–water partition coefficient (Wildman–Crippen LogP) is 0.898. The maximum Gasteiger partial charge on any atom is 0.317 e. The van der Waals surface area contributed by atoms with Gasteiger partial charge in [0.1, 0.15) is 11.2 Å². The second-order valence-electron chi connectivity index (χ2n) is 4.09. The Hall–Kier alpha value is -1.36. The molecule has 5 heteroatoms. The lowest BCUT2D eigenvalue weighted by molar-refractivity contribution is -0.146. The van der Waals surface area contributed by atoms with Gasteiger partial charge in [0, 0.05) is 6.04 Å². The quantitative estimate of drug-likeness (QED) is 0.756. The Kier molecular flexibility index (Phi) is 2.48. The molecule has 1 aromatic heterocycles. The molecule has 0 radical (unpaired) electrons. The summed E-state index contributed by atoms with van der Waals surface area (Å²) in [5, 5.41) is 9.32. The van der Waals surface area contributed by atoms with Crippen LogP contribution in [0, 0.1) is 0 Å². The number of nitrogens with two attached hydrogens (primary N) is 1. The average Bonchev–Trinajstić information content (AvgIpc) is 2.72. The topological polar surface area (TPSA) is 89.4 Å². The van der Waals surface area contributed by atoms with E-state index >= 15 is 0 Å². The highest BCUT2D eigenvalue weighted by Crippen LogP contribution is 2.39. The normalized spacial score (nSPS) is 31.4. The van der Waals surface area contributed by atoms with Crippen molar-refractivity contribution in [1.29, 1.82) is 0 Å². The van der Waals surface area contributed by atoms with Crippen LogP contribution in [-0.2, 0) is 10.2 Å². The van der Waals surface area contributed by atoms with Crippen molar-refractivity contribution in [2.45, 2.75) is 37.1 Å². The van der Waals surface area contributed by atoms with Gasteiger partial charge in [-0.3, -0.25) is 4.79 Å². The molecular weight excluding hydrogens is 196 g/mol. The van der Waals surface area contributed by atoms with Crippen LogP contribution in [0.4, 0.5) is 0 Å². The largest absolute Gasteiger partial charge is 0.480 e. The number of hydrogen-bond donors (Lipinski definition) is 2. The van der Waals surface area contributed by atoms with Crippen molar-refractivity contribution in [1.82, 2.24) is 4.98 Å². The van der Waals surface area contributed by atoms with Gasteiger partial charge in [0.2, 0.25) is 0 Å². The number of aliphatic carboxylic acids is 1. The third-order valence-corrected chi connectivity index (χ3v) is 3.20. The van der Waals surface area contributed by atoms with Gasteiger partial charge in [0.25, 0.3) is 0 Å². The summed E-state index contributed by atoms with van der Waals surface area (Å²) in [6.07, 6.45) is 5.25. The fourth-order valence-corrected chi connectivity index (χ4v) is 2.15. The molecule has 1 heterocycles. The molecule has 3 N–H and O–H groups in total. The lowest BCUT2D eigenvalue weighted by atomic mass is 9.71. The molecule has 0 aromatic carbocycles. The van der Waals surface area contributed by atoms with Crippen LogP contribution in [0.3, 0.4) is 0 Å². The SMILES string of the molecule is NC1CCC(C(=O)O)(c2cnco2)CC1. The van der Waals surface area contributed by atoms with Gasteiger partial charge in [0.15, 0.2) is 6.39 Å². The molecule has 1 saturated carbocycles. The summed E-state index contributed by atoms with van der Waals surface area (Å²) in [6.45, 7) is 0. The molecule has 15 heavy (non-hydrogen) atoms. The van der Waals surface area contributed by atoms with E-state index in [1.807, 2.05) is 0 Å². The lowest BCUT2D eigenvalue weighted by Gasteiger charge is -2.33. The Morgan fingerprint density at radius 2 is 2.27 bits per heavy atom. The molecule has 0 atom stereocenters. The molecule has 1 aliphatic rings. The Bertz CT molecular complexity index is 340. The van der Waals surface area contributed by atoms with Crippen LogP contribution in [0.2, 0.25) is 0 Å². The van der Waals surface area contributed by atoms with Crippen LogP contribution in [0.25, 0.3) is 0 Å². The summed E-state index contributed by atoms with van der Waals surface area (Å²) in [6, 6.07) is 0.111. The molecular formula is C10H14N2O3. The van der Waals surface area contributed by atoms with Crippen molar-refractivity contribution in [3.63, 3.8) is 0 Å². The Balaban J connectivity index is 2.30. The highest BCUT2D eigenvalue weighted by molar-refractivity contribution is 5.80. The van der Waals surface area contributed by atoms with E-state index in [1.54, 1.807) is 0 Å². The first-order valence-electron chi connectivity index (χ1n) is 5.03. The monoisotopic (exact) mass is 210 g/mol. The molecule has 0 spiro atoms. The molecule has 1 aliphatic carbocycles. The van der Waals surface area contributed by atoms with Crippen molar-refractivity contribution in [2.24, 2.45) is 5.73 Å². The van der Waals surface area contributed by atoms with Crippen LogP contribution >= 0.6 is 0 Å². The molecule has 0 unspecified atom stereocenters. The summed E-state index contributed by atoms with van der Waals surface area (Å²) in [5.41, 5.74) is 4.86. The number of carboxylic acids is 1. The van der Waals surface area contributed by atoms with Gasteiger partial charge in [-0.15, -0.1) is 0 Å². The van der Waals surface area contributed by atoms with Crippen LogP contribution in [0.1, 0.15) is 31.4 Å². The zero-order chi connectivity index (χ0) is 10.9. The number of carboxylic acid groups (broad SMARTS) is 1. The second kappa shape index (κ2) is 3.66. The maximum absolute atomic E-state index is 11.4. The van der Waals surface area contributed by atoms with E-state index in [9.17, 15) is 9.90 Å². The molecule has 0 amide bonds. The van der Waals surface area contributed by atoms with Crippen molar-refractivity contribution < 1.29 is 14.3 Å². The van der Waals surface area contributed by atoms with Gasteiger partial charge in [0.05, 0.1) is 6.20 Å². The second-order valence-corrected chi connectivity index (χ2v) is 4.09. The van der Waals surface area contributed by atoms with Gasteiger partial charge < -0.3 is 15.3 Å². The number of carbonyl (C=O) groups is 1. The lowest BCUT2D eigenvalue weighted by Crippen LogP contribution is -2.42. The molecule has 5 nitrogen and oxygen atoms in total. The Morgan fingerprint density at radius 1 is 1.60 bits per heavy atom. The number of nitrogens with zero attached hydrogens (tertiary/aromatic N) is 1. The Morgan fingerprint density at radius 3 is 2.73 bits per heavy atom. The smallest absolute Gasteiger partial charge is 0.317 e. The van der Waals surface area contributed by atoms with Crippen LogP contribution in [0.5, 0.6) is 0 Å². The van der Waals surface area contributed by atoms with Crippen LogP contribution in [-0.4, -0.2) is 22.1 Å².